The quantitative estimate of drug-likeness (QED) is 0.121. The second-order valence-corrected chi connectivity index (χ2v) is 17.4. The molecule has 8 heteroatoms. The fourth-order valence-electron chi connectivity index (χ4n) is 6.74. The summed E-state index contributed by atoms with van der Waals surface area (Å²) < 4.78 is 26.4. The molecule has 2 atom stereocenters. The molecule has 0 aliphatic rings. The van der Waals surface area contributed by atoms with E-state index in [1.165, 1.54) is 0 Å². The lowest BCUT2D eigenvalue weighted by Crippen LogP contribution is -2.23. The molecule has 0 aromatic heterocycles. The van der Waals surface area contributed by atoms with Crippen LogP contribution in [-0.4, -0.2) is 21.4 Å². The van der Waals surface area contributed by atoms with E-state index >= 15 is 0 Å². The third-order valence-electron chi connectivity index (χ3n) is 8.97. The van der Waals surface area contributed by atoms with Crippen LogP contribution in [0.1, 0.15) is 65.2 Å². The van der Waals surface area contributed by atoms with Crippen LogP contribution in [0.25, 0.3) is 0 Å². The van der Waals surface area contributed by atoms with Crippen molar-refractivity contribution in [2.24, 2.45) is 0 Å². The number of carbonyl (C=O) groups excluding carboxylic acids is 2. The molecule has 6 nitrogen and oxygen atoms in total. The Hall–Kier alpha value is -4.96. The summed E-state index contributed by atoms with van der Waals surface area (Å²) in [6.07, 6.45) is 0. The standard InChI is InChI=1S/2C22H21O3P/c2*1-15-13-16(2)21(17(3)14-15)22(23)19-11-7-8-12-20(19)26(24,25)18-9-5-4-6-10-18/h2*4-14H,1-3H3,(H,24,25). The number of hydrogen-bond acceptors (Lipinski definition) is 4. The molecule has 6 rings (SSSR count). The van der Waals surface area contributed by atoms with Gasteiger partial charge in [0.05, 0.1) is 10.6 Å². The van der Waals surface area contributed by atoms with Gasteiger partial charge in [0.1, 0.15) is 0 Å². The molecule has 0 heterocycles. The maximum Gasteiger partial charge on any atom is 0.259 e. The van der Waals surface area contributed by atoms with Crippen LogP contribution in [0.2, 0.25) is 0 Å². The van der Waals surface area contributed by atoms with Crippen molar-refractivity contribution in [3.8, 4) is 0 Å². The van der Waals surface area contributed by atoms with Gasteiger partial charge in [-0.15, -0.1) is 0 Å². The van der Waals surface area contributed by atoms with Crippen LogP contribution >= 0.6 is 14.7 Å². The van der Waals surface area contributed by atoms with Crippen molar-refractivity contribution < 1.29 is 28.5 Å². The van der Waals surface area contributed by atoms with E-state index in [2.05, 4.69) is 0 Å². The van der Waals surface area contributed by atoms with E-state index in [-0.39, 0.29) is 33.3 Å². The third-order valence-corrected chi connectivity index (χ3v) is 13.1. The van der Waals surface area contributed by atoms with Crippen molar-refractivity contribution in [3.05, 3.63) is 189 Å². The largest absolute Gasteiger partial charge is 0.338 e. The number of hydrogen-bond donors (Lipinski definition) is 2. The van der Waals surface area contributed by atoms with Gasteiger partial charge in [0, 0.05) is 32.9 Å². The van der Waals surface area contributed by atoms with Gasteiger partial charge in [-0.05, 0) is 100 Å². The third kappa shape index (κ3) is 7.92. The zero-order valence-electron chi connectivity index (χ0n) is 30.1. The van der Waals surface area contributed by atoms with Gasteiger partial charge in [-0.25, -0.2) is 0 Å². The molecular weight excluding hydrogens is 686 g/mol. The van der Waals surface area contributed by atoms with E-state index in [0.717, 1.165) is 33.4 Å². The first-order chi connectivity index (χ1) is 24.6. The fraction of sp³-hybridized carbons (Fsp3) is 0.136. The zero-order valence-corrected chi connectivity index (χ0v) is 31.9. The van der Waals surface area contributed by atoms with Crippen LogP contribution in [0, 0.1) is 41.5 Å². The van der Waals surface area contributed by atoms with Gasteiger partial charge in [0.15, 0.2) is 11.6 Å². The summed E-state index contributed by atoms with van der Waals surface area (Å²) in [5.41, 5.74) is 7.39. The monoisotopic (exact) mass is 728 g/mol. The molecule has 0 radical (unpaired) electrons. The summed E-state index contributed by atoms with van der Waals surface area (Å²) >= 11 is 0. The topological polar surface area (TPSA) is 109 Å². The Labute approximate surface area is 305 Å². The molecule has 6 aromatic rings. The van der Waals surface area contributed by atoms with Crippen LogP contribution in [0.3, 0.4) is 0 Å². The van der Waals surface area contributed by atoms with E-state index in [4.69, 9.17) is 0 Å². The molecule has 0 aliphatic heterocycles. The molecule has 6 aromatic carbocycles. The zero-order chi connectivity index (χ0) is 37.8. The molecule has 0 fully saturated rings. The van der Waals surface area contributed by atoms with E-state index < -0.39 is 14.7 Å². The second-order valence-electron chi connectivity index (χ2n) is 13.1. The minimum atomic E-state index is -3.87. The normalized spacial score (nSPS) is 13.2. The van der Waals surface area contributed by atoms with E-state index in [9.17, 15) is 28.5 Å². The first-order valence-corrected chi connectivity index (χ1v) is 20.2. The van der Waals surface area contributed by atoms with Crippen LogP contribution in [0.15, 0.2) is 133 Å². The summed E-state index contributed by atoms with van der Waals surface area (Å²) in [7, 11) is -7.74. The molecular formula is C44H42O6P2. The van der Waals surface area contributed by atoms with Gasteiger partial charge in [-0.1, -0.05) is 108 Å². The van der Waals surface area contributed by atoms with Crippen molar-refractivity contribution in [1.29, 1.82) is 0 Å². The Balaban J connectivity index is 0.000000201. The molecule has 0 amide bonds. The molecule has 2 unspecified atom stereocenters. The highest BCUT2D eigenvalue weighted by Gasteiger charge is 2.31. The fourth-order valence-corrected chi connectivity index (χ4v) is 10.0. The van der Waals surface area contributed by atoms with E-state index in [1.807, 2.05) is 65.8 Å². The minimum Gasteiger partial charge on any atom is -0.338 e. The molecule has 2 N–H and O–H groups in total. The molecule has 0 saturated heterocycles. The lowest BCUT2D eigenvalue weighted by molar-refractivity contribution is 0.103. The predicted molar refractivity (Wildman–Crippen MR) is 212 cm³/mol. The molecule has 0 aliphatic carbocycles. The van der Waals surface area contributed by atoms with Gasteiger partial charge in [-0.3, -0.25) is 18.7 Å². The Morgan fingerprint density at radius 3 is 1.00 bits per heavy atom. The van der Waals surface area contributed by atoms with E-state index in [0.29, 0.717) is 21.7 Å². The number of aryl methyl sites for hydroxylation is 6. The summed E-state index contributed by atoms with van der Waals surface area (Å²) in [4.78, 5) is 48.2. The van der Waals surface area contributed by atoms with E-state index in [1.54, 1.807) is 109 Å². The number of carbonyl (C=O) groups is 2. The maximum absolute atomic E-state index is 13.3. The van der Waals surface area contributed by atoms with Gasteiger partial charge in [-0.2, -0.15) is 0 Å². The first-order valence-electron chi connectivity index (χ1n) is 16.9. The number of rotatable bonds is 8. The molecule has 0 bridgehead atoms. The summed E-state index contributed by atoms with van der Waals surface area (Å²) in [5.74, 6) is -0.443. The van der Waals surface area contributed by atoms with Crippen molar-refractivity contribution in [3.63, 3.8) is 0 Å². The van der Waals surface area contributed by atoms with Crippen molar-refractivity contribution in [1.82, 2.24) is 0 Å². The highest BCUT2D eigenvalue weighted by atomic mass is 31.2. The van der Waals surface area contributed by atoms with Gasteiger partial charge in [0.25, 0.3) is 14.7 Å². The smallest absolute Gasteiger partial charge is 0.259 e. The molecule has 0 saturated carbocycles. The van der Waals surface area contributed by atoms with Crippen molar-refractivity contribution in [2.45, 2.75) is 41.5 Å². The average Bonchev–Trinajstić information content (AvgIpc) is 3.11. The Bertz CT molecular complexity index is 2170. The number of benzene rings is 6. The highest BCUT2D eigenvalue weighted by molar-refractivity contribution is 7.74. The highest BCUT2D eigenvalue weighted by Crippen LogP contribution is 2.41. The van der Waals surface area contributed by atoms with Gasteiger partial charge in [0.2, 0.25) is 0 Å². The van der Waals surface area contributed by atoms with Crippen molar-refractivity contribution in [2.75, 3.05) is 0 Å². The Kier molecular flexibility index (Phi) is 11.6. The van der Waals surface area contributed by atoms with Crippen molar-refractivity contribution >= 4 is 47.5 Å². The summed E-state index contributed by atoms with van der Waals surface area (Å²) in [6.45, 7) is 11.5. The average molecular weight is 729 g/mol. The summed E-state index contributed by atoms with van der Waals surface area (Å²) in [5, 5.41) is 0.987. The summed E-state index contributed by atoms with van der Waals surface area (Å²) in [6, 6.07) is 38.0. The SMILES string of the molecule is Cc1cc(C)c(C(=O)c2ccccc2P(=O)(O)c2ccccc2)c(C)c1.Cc1cc(C)c(C(=O)c2ccccc2P(=O)(O)c2ccccc2)c(C)c1. The first kappa shape index (κ1) is 38.3. The second kappa shape index (κ2) is 15.7. The predicted octanol–water partition coefficient (Wildman–Crippen LogP) is 8.13. The maximum atomic E-state index is 13.3. The van der Waals surface area contributed by atoms with Crippen LogP contribution in [0.4, 0.5) is 0 Å². The lowest BCUT2D eigenvalue weighted by Gasteiger charge is -2.17. The molecule has 0 spiro atoms. The molecule has 52 heavy (non-hydrogen) atoms. The minimum absolute atomic E-state index is 0.176. The van der Waals surface area contributed by atoms with Crippen LogP contribution in [0.5, 0.6) is 0 Å². The van der Waals surface area contributed by atoms with Gasteiger partial charge >= 0.3 is 0 Å². The molecule has 264 valence electrons. The lowest BCUT2D eigenvalue weighted by atomic mass is 9.93. The van der Waals surface area contributed by atoms with Crippen LogP contribution in [-0.2, 0) is 9.13 Å². The van der Waals surface area contributed by atoms with Gasteiger partial charge < -0.3 is 9.79 Å². The Morgan fingerprint density at radius 1 is 0.423 bits per heavy atom. The van der Waals surface area contributed by atoms with Crippen LogP contribution < -0.4 is 21.2 Å². The Morgan fingerprint density at radius 2 is 0.692 bits per heavy atom. The number of ketones is 2.